The first kappa shape index (κ1) is 17.1. The monoisotopic (exact) mass is 298 g/mol. The van der Waals surface area contributed by atoms with Crippen LogP contribution >= 0.6 is 0 Å². The SMILES string of the molecule is CC(C)(C)CC(C)(C)NS(=O)(=O)c1cccc(CN)c1. The predicted molar refractivity (Wildman–Crippen MR) is 82.8 cm³/mol. The Morgan fingerprint density at radius 3 is 2.25 bits per heavy atom. The van der Waals surface area contributed by atoms with Gasteiger partial charge in [-0.3, -0.25) is 0 Å². The molecular formula is C15H26N2O2S. The first-order valence-corrected chi connectivity index (χ1v) is 8.27. The highest BCUT2D eigenvalue weighted by Crippen LogP contribution is 2.28. The summed E-state index contributed by atoms with van der Waals surface area (Å²) in [5.74, 6) is 0. The molecule has 1 rings (SSSR count). The Bertz CT molecular complexity index is 557. The van der Waals surface area contributed by atoms with Gasteiger partial charge in [0.25, 0.3) is 0 Å². The Balaban J connectivity index is 2.99. The lowest BCUT2D eigenvalue weighted by Gasteiger charge is -2.33. The van der Waals surface area contributed by atoms with E-state index in [9.17, 15) is 8.42 Å². The average molecular weight is 298 g/mol. The zero-order chi connectivity index (χ0) is 15.6. The van der Waals surface area contributed by atoms with Crippen molar-refractivity contribution >= 4 is 10.0 Å². The molecule has 114 valence electrons. The van der Waals surface area contributed by atoms with Crippen LogP contribution in [0.1, 0.15) is 46.6 Å². The van der Waals surface area contributed by atoms with Crippen LogP contribution in [0.15, 0.2) is 29.2 Å². The second-order valence-electron chi connectivity index (χ2n) is 7.08. The van der Waals surface area contributed by atoms with Crippen molar-refractivity contribution in [2.24, 2.45) is 11.1 Å². The summed E-state index contributed by atoms with van der Waals surface area (Å²) in [6.45, 7) is 10.4. The Kier molecular flexibility index (Phi) is 5.00. The number of rotatable bonds is 5. The van der Waals surface area contributed by atoms with Crippen molar-refractivity contribution < 1.29 is 8.42 Å². The van der Waals surface area contributed by atoms with Gasteiger partial charge in [-0.2, -0.15) is 0 Å². The van der Waals surface area contributed by atoms with Gasteiger partial charge in [0.2, 0.25) is 10.0 Å². The molecule has 1 aromatic rings. The van der Waals surface area contributed by atoms with E-state index in [2.05, 4.69) is 25.5 Å². The third kappa shape index (κ3) is 5.23. The molecule has 4 nitrogen and oxygen atoms in total. The van der Waals surface area contributed by atoms with Crippen molar-refractivity contribution in [3.8, 4) is 0 Å². The molecule has 0 radical (unpaired) electrons. The summed E-state index contributed by atoms with van der Waals surface area (Å²) in [5.41, 5.74) is 5.91. The summed E-state index contributed by atoms with van der Waals surface area (Å²) in [6.07, 6.45) is 0.746. The molecule has 0 bridgehead atoms. The number of hydrogen-bond donors (Lipinski definition) is 2. The molecule has 0 heterocycles. The molecule has 1 aromatic carbocycles. The topological polar surface area (TPSA) is 72.2 Å². The molecule has 0 fully saturated rings. The lowest BCUT2D eigenvalue weighted by molar-refractivity contribution is 0.269. The zero-order valence-corrected chi connectivity index (χ0v) is 13.8. The summed E-state index contributed by atoms with van der Waals surface area (Å²) in [5, 5.41) is 0. The van der Waals surface area contributed by atoms with Crippen LogP contribution in [0.4, 0.5) is 0 Å². The second kappa shape index (κ2) is 5.84. The van der Waals surface area contributed by atoms with E-state index in [0.29, 0.717) is 6.54 Å². The smallest absolute Gasteiger partial charge is 0.241 e. The maximum atomic E-state index is 12.4. The third-order valence-electron chi connectivity index (χ3n) is 2.83. The highest BCUT2D eigenvalue weighted by molar-refractivity contribution is 7.89. The molecule has 0 saturated heterocycles. The van der Waals surface area contributed by atoms with Crippen LogP contribution in [0, 0.1) is 5.41 Å². The van der Waals surface area contributed by atoms with Crippen LogP contribution in [0.3, 0.4) is 0 Å². The number of nitrogens with one attached hydrogen (secondary N) is 1. The van der Waals surface area contributed by atoms with E-state index in [0.717, 1.165) is 12.0 Å². The van der Waals surface area contributed by atoms with Crippen LogP contribution in [0.2, 0.25) is 0 Å². The normalized spacial score (nSPS) is 13.5. The summed E-state index contributed by atoms with van der Waals surface area (Å²) >= 11 is 0. The molecule has 0 aliphatic rings. The first-order valence-electron chi connectivity index (χ1n) is 6.78. The maximum absolute atomic E-state index is 12.4. The molecular weight excluding hydrogens is 272 g/mol. The first-order chi connectivity index (χ1) is 8.95. The van der Waals surface area contributed by atoms with Gasteiger partial charge in [-0.15, -0.1) is 0 Å². The molecule has 5 heteroatoms. The van der Waals surface area contributed by atoms with E-state index >= 15 is 0 Å². The highest BCUT2D eigenvalue weighted by Gasteiger charge is 2.30. The van der Waals surface area contributed by atoms with E-state index in [1.54, 1.807) is 18.2 Å². The van der Waals surface area contributed by atoms with Gasteiger partial charge in [-0.05, 0) is 43.4 Å². The van der Waals surface area contributed by atoms with Crippen LogP contribution in [-0.2, 0) is 16.6 Å². The summed E-state index contributed by atoms with van der Waals surface area (Å²) in [4.78, 5) is 0.266. The minimum absolute atomic E-state index is 0.0468. The van der Waals surface area contributed by atoms with Crippen molar-refractivity contribution in [3.05, 3.63) is 29.8 Å². The molecule has 0 aromatic heterocycles. The molecule has 3 N–H and O–H groups in total. The molecule has 0 amide bonds. The lowest BCUT2D eigenvalue weighted by Crippen LogP contribution is -2.45. The van der Waals surface area contributed by atoms with E-state index in [1.807, 2.05) is 19.9 Å². The summed E-state index contributed by atoms with van der Waals surface area (Å²) in [6, 6.07) is 6.75. The van der Waals surface area contributed by atoms with Crippen molar-refractivity contribution in [1.29, 1.82) is 0 Å². The van der Waals surface area contributed by atoms with Crippen molar-refractivity contribution in [3.63, 3.8) is 0 Å². The van der Waals surface area contributed by atoms with E-state index in [1.165, 1.54) is 0 Å². The second-order valence-corrected chi connectivity index (χ2v) is 8.76. The minimum Gasteiger partial charge on any atom is -0.326 e. The molecule has 0 atom stereocenters. The van der Waals surface area contributed by atoms with E-state index in [-0.39, 0.29) is 10.3 Å². The van der Waals surface area contributed by atoms with Crippen LogP contribution < -0.4 is 10.5 Å². The largest absolute Gasteiger partial charge is 0.326 e. The summed E-state index contributed by atoms with van der Waals surface area (Å²) < 4.78 is 27.7. The highest BCUT2D eigenvalue weighted by atomic mass is 32.2. The van der Waals surface area contributed by atoms with E-state index in [4.69, 9.17) is 5.73 Å². The standard InChI is InChI=1S/C15H26N2O2S/c1-14(2,3)11-15(4,5)17-20(18,19)13-8-6-7-12(9-13)10-16/h6-9,17H,10-11,16H2,1-5H3. The Labute approximate surface area is 122 Å². The van der Waals surface area contributed by atoms with Crippen molar-refractivity contribution in [2.45, 2.75) is 58.0 Å². The van der Waals surface area contributed by atoms with Gasteiger partial charge in [0.05, 0.1) is 4.90 Å². The fraction of sp³-hybridized carbons (Fsp3) is 0.600. The molecule has 0 aliphatic heterocycles. The van der Waals surface area contributed by atoms with Gasteiger partial charge in [-0.1, -0.05) is 32.9 Å². The summed E-state index contributed by atoms with van der Waals surface area (Å²) in [7, 11) is -3.53. The van der Waals surface area contributed by atoms with Crippen LogP contribution in [0.5, 0.6) is 0 Å². The Morgan fingerprint density at radius 1 is 1.15 bits per heavy atom. The molecule has 0 saturated carbocycles. The van der Waals surface area contributed by atoms with Gasteiger partial charge < -0.3 is 5.73 Å². The molecule has 0 aliphatic carbocycles. The van der Waals surface area contributed by atoms with Crippen LogP contribution in [-0.4, -0.2) is 14.0 Å². The maximum Gasteiger partial charge on any atom is 0.241 e. The molecule has 0 spiro atoms. The lowest BCUT2D eigenvalue weighted by atomic mass is 9.82. The quantitative estimate of drug-likeness (QED) is 0.877. The number of nitrogens with two attached hydrogens (primary N) is 1. The van der Waals surface area contributed by atoms with Gasteiger partial charge >= 0.3 is 0 Å². The van der Waals surface area contributed by atoms with Gasteiger partial charge in [0.15, 0.2) is 0 Å². The minimum atomic E-state index is -3.53. The number of benzene rings is 1. The fourth-order valence-corrected chi connectivity index (χ4v) is 4.11. The van der Waals surface area contributed by atoms with Gasteiger partial charge in [0, 0.05) is 12.1 Å². The van der Waals surface area contributed by atoms with Gasteiger partial charge in [-0.25, -0.2) is 13.1 Å². The van der Waals surface area contributed by atoms with Crippen LogP contribution in [0.25, 0.3) is 0 Å². The molecule has 0 unspecified atom stereocenters. The number of sulfonamides is 1. The van der Waals surface area contributed by atoms with Crippen molar-refractivity contribution in [2.75, 3.05) is 0 Å². The predicted octanol–water partition coefficient (Wildman–Crippen LogP) is 2.64. The third-order valence-corrected chi connectivity index (χ3v) is 4.52. The Hall–Kier alpha value is -0.910. The zero-order valence-electron chi connectivity index (χ0n) is 13.0. The fourth-order valence-electron chi connectivity index (χ4n) is 2.62. The molecule has 20 heavy (non-hydrogen) atoms. The Morgan fingerprint density at radius 2 is 1.75 bits per heavy atom. The van der Waals surface area contributed by atoms with Crippen molar-refractivity contribution in [1.82, 2.24) is 4.72 Å². The number of hydrogen-bond acceptors (Lipinski definition) is 3. The van der Waals surface area contributed by atoms with Gasteiger partial charge in [0.1, 0.15) is 0 Å². The average Bonchev–Trinajstić information content (AvgIpc) is 2.24. The van der Waals surface area contributed by atoms with E-state index < -0.39 is 15.6 Å².